The lowest BCUT2D eigenvalue weighted by Crippen LogP contribution is -2.13. The van der Waals surface area contributed by atoms with Gasteiger partial charge in [-0.15, -0.1) is 0 Å². The first-order valence-corrected chi connectivity index (χ1v) is 10.4. The summed E-state index contributed by atoms with van der Waals surface area (Å²) in [6.45, 7) is 1.94. The van der Waals surface area contributed by atoms with Gasteiger partial charge in [-0.05, 0) is 48.4 Å². The molecule has 0 aromatic heterocycles. The average molecular weight is 482 g/mol. The van der Waals surface area contributed by atoms with E-state index in [9.17, 15) is 20.2 Å². The molecule has 3 aromatic carbocycles. The van der Waals surface area contributed by atoms with Crippen LogP contribution in [0.3, 0.4) is 0 Å². The van der Waals surface area contributed by atoms with Crippen LogP contribution < -0.4 is 10.1 Å². The first kappa shape index (κ1) is 23.8. The van der Waals surface area contributed by atoms with E-state index >= 15 is 0 Å². The standard InChI is InChI=1S/C24H17Cl2N3O4/c1-15-5-7-19(8-6-15)28-24(30)18(13-27)9-17-11-21(25)23(22(26)12-17)33-14-16-3-2-4-20(10-16)29(31)32/h2-12H,14H2,1H3,(H,28,30)/b18-9+. The van der Waals surface area contributed by atoms with Gasteiger partial charge in [-0.2, -0.15) is 5.26 Å². The number of carbonyl (C=O) groups excluding carboxylic acids is 1. The third kappa shape index (κ3) is 6.32. The van der Waals surface area contributed by atoms with Crippen molar-refractivity contribution >= 4 is 46.6 Å². The number of nitriles is 1. The number of non-ortho nitro benzene ring substituents is 1. The second-order valence-corrected chi connectivity index (χ2v) is 7.83. The molecule has 1 amide bonds. The van der Waals surface area contributed by atoms with Gasteiger partial charge in [0.25, 0.3) is 11.6 Å². The molecule has 33 heavy (non-hydrogen) atoms. The van der Waals surface area contributed by atoms with Crippen LogP contribution in [0.2, 0.25) is 10.0 Å². The van der Waals surface area contributed by atoms with Crippen LogP contribution in [0.5, 0.6) is 5.75 Å². The quantitative estimate of drug-likeness (QED) is 0.183. The summed E-state index contributed by atoms with van der Waals surface area (Å²) >= 11 is 12.6. The summed E-state index contributed by atoms with van der Waals surface area (Å²) in [5, 5.41) is 23.3. The Kier molecular flexibility index (Phi) is 7.67. The number of rotatable bonds is 7. The highest BCUT2D eigenvalue weighted by molar-refractivity contribution is 6.37. The molecule has 166 valence electrons. The third-order valence-corrected chi connectivity index (χ3v) is 5.07. The van der Waals surface area contributed by atoms with Gasteiger partial charge in [-0.3, -0.25) is 14.9 Å². The monoisotopic (exact) mass is 481 g/mol. The van der Waals surface area contributed by atoms with Crippen molar-refractivity contribution in [2.45, 2.75) is 13.5 Å². The van der Waals surface area contributed by atoms with Crippen molar-refractivity contribution in [1.82, 2.24) is 0 Å². The van der Waals surface area contributed by atoms with E-state index in [2.05, 4.69) is 5.32 Å². The van der Waals surface area contributed by atoms with Crippen LogP contribution in [0.15, 0.2) is 66.2 Å². The predicted octanol–water partition coefficient (Wildman–Crippen LogP) is 6.33. The number of ether oxygens (including phenoxy) is 1. The molecule has 0 aliphatic carbocycles. The van der Waals surface area contributed by atoms with Gasteiger partial charge in [0.1, 0.15) is 18.2 Å². The number of benzene rings is 3. The Morgan fingerprint density at radius 3 is 2.42 bits per heavy atom. The van der Waals surface area contributed by atoms with Crippen molar-refractivity contribution in [2.75, 3.05) is 5.32 Å². The smallest absolute Gasteiger partial charge is 0.269 e. The molecule has 0 spiro atoms. The van der Waals surface area contributed by atoms with Gasteiger partial charge in [-0.25, -0.2) is 0 Å². The molecule has 0 aliphatic rings. The average Bonchev–Trinajstić information content (AvgIpc) is 2.78. The number of nitro benzene ring substituents is 1. The van der Waals surface area contributed by atoms with Gasteiger partial charge >= 0.3 is 0 Å². The summed E-state index contributed by atoms with van der Waals surface area (Å²) in [7, 11) is 0. The van der Waals surface area contributed by atoms with Crippen molar-refractivity contribution in [1.29, 1.82) is 5.26 Å². The van der Waals surface area contributed by atoms with E-state index < -0.39 is 10.8 Å². The van der Waals surface area contributed by atoms with E-state index in [-0.39, 0.29) is 33.7 Å². The number of carbonyl (C=O) groups is 1. The molecule has 1 N–H and O–H groups in total. The molecular formula is C24H17Cl2N3O4. The Morgan fingerprint density at radius 1 is 1.15 bits per heavy atom. The Balaban J connectivity index is 1.76. The van der Waals surface area contributed by atoms with Crippen LogP contribution in [0.25, 0.3) is 6.08 Å². The topological polar surface area (TPSA) is 105 Å². The number of hydrogen-bond acceptors (Lipinski definition) is 5. The van der Waals surface area contributed by atoms with Crippen molar-refractivity contribution < 1.29 is 14.5 Å². The molecule has 3 aromatic rings. The number of halogens is 2. The minimum absolute atomic E-state index is 0.0126. The molecular weight excluding hydrogens is 465 g/mol. The molecule has 0 saturated heterocycles. The number of hydrogen-bond donors (Lipinski definition) is 1. The van der Waals surface area contributed by atoms with Gasteiger partial charge in [0.05, 0.1) is 15.0 Å². The third-order valence-electron chi connectivity index (χ3n) is 4.51. The lowest BCUT2D eigenvalue weighted by molar-refractivity contribution is -0.384. The first-order valence-electron chi connectivity index (χ1n) is 9.62. The fourth-order valence-corrected chi connectivity index (χ4v) is 3.48. The first-order chi connectivity index (χ1) is 15.8. The lowest BCUT2D eigenvalue weighted by Gasteiger charge is -2.11. The Morgan fingerprint density at radius 2 is 1.82 bits per heavy atom. The highest BCUT2D eigenvalue weighted by Gasteiger charge is 2.14. The summed E-state index contributed by atoms with van der Waals surface area (Å²) in [4.78, 5) is 22.9. The Labute approximate surface area is 200 Å². The zero-order chi connectivity index (χ0) is 24.0. The van der Waals surface area contributed by atoms with E-state index in [1.165, 1.54) is 30.3 Å². The number of amides is 1. The summed E-state index contributed by atoms with van der Waals surface area (Å²) in [6, 6.07) is 18.1. The summed E-state index contributed by atoms with van der Waals surface area (Å²) in [5.41, 5.74) is 2.42. The Hall–Kier alpha value is -3.86. The van der Waals surface area contributed by atoms with E-state index in [0.29, 0.717) is 16.8 Å². The van der Waals surface area contributed by atoms with E-state index in [0.717, 1.165) is 5.56 Å². The van der Waals surface area contributed by atoms with Crippen LogP contribution in [0, 0.1) is 28.4 Å². The summed E-state index contributed by atoms with van der Waals surface area (Å²) in [6.07, 6.45) is 1.37. The van der Waals surface area contributed by atoms with Crippen LogP contribution >= 0.6 is 23.2 Å². The summed E-state index contributed by atoms with van der Waals surface area (Å²) in [5.74, 6) is -0.385. The molecule has 7 nitrogen and oxygen atoms in total. The van der Waals surface area contributed by atoms with Crippen LogP contribution in [0.1, 0.15) is 16.7 Å². The predicted molar refractivity (Wildman–Crippen MR) is 127 cm³/mol. The van der Waals surface area contributed by atoms with Crippen molar-refractivity contribution in [2.24, 2.45) is 0 Å². The maximum Gasteiger partial charge on any atom is 0.269 e. The van der Waals surface area contributed by atoms with Gasteiger partial charge < -0.3 is 10.1 Å². The van der Waals surface area contributed by atoms with Crippen LogP contribution in [-0.2, 0) is 11.4 Å². The minimum atomic E-state index is -0.570. The number of nitro groups is 1. The van der Waals surface area contributed by atoms with E-state index in [1.54, 1.807) is 24.3 Å². The zero-order valence-electron chi connectivity index (χ0n) is 17.3. The van der Waals surface area contributed by atoms with Crippen molar-refractivity contribution in [3.8, 4) is 11.8 Å². The van der Waals surface area contributed by atoms with Crippen molar-refractivity contribution in [3.05, 3.63) is 103 Å². The SMILES string of the molecule is Cc1ccc(NC(=O)/C(C#N)=C/c2cc(Cl)c(OCc3cccc([N+](=O)[O-])c3)c(Cl)c2)cc1. The molecule has 3 rings (SSSR count). The van der Waals surface area contributed by atoms with Crippen molar-refractivity contribution in [3.63, 3.8) is 0 Å². The van der Waals surface area contributed by atoms with Crippen LogP contribution in [-0.4, -0.2) is 10.8 Å². The second-order valence-electron chi connectivity index (χ2n) is 7.02. The van der Waals surface area contributed by atoms with Gasteiger partial charge in [0, 0.05) is 17.8 Å². The minimum Gasteiger partial charge on any atom is -0.486 e. The maximum atomic E-state index is 12.5. The van der Waals surface area contributed by atoms with E-state index in [1.807, 2.05) is 25.1 Å². The van der Waals surface area contributed by atoms with Gasteiger partial charge in [0.2, 0.25) is 0 Å². The fraction of sp³-hybridized carbons (Fsp3) is 0.0833. The molecule has 0 fully saturated rings. The molecule has 0 saturated carbocycles. The number of nitrogens with one attached hydrogen (secondary N) is 1. The van der Waals surface area contributed by atoms with Gasteiger partial charge in [-0.1, -0.05) is 53.0 Å². The maximum absolute atomic E-state index is 12.5. The summed E-state index contributed by atoms with van der Waals surface area (Å²) < 4.78 is 5.66. The number of anilines is 1. The number of nitrogens with zero attached hydrogens (tertiary/aromatic N) is 2. The van der Waals surface area contributed by atoms with Gasteiger partial charge in [0.15, 0.2) is 5.75 Å². The molecule has 9 heteroatoms. The normalized spacial score (nSPS) is 10.9. The van der Waals surface area contributed by atoms with Crippen LogP contribution in [0.4, 0.5) is 11.4 Å². The Bertz CT molecular complexity index is 1260. The molecule has 0 aliphatic heterocycles. The molecule has 0 unspecified atom stereocenters. The largest absolute Gasteiger partial charge is 0.486 e. The zero-order valence-corrected chi connectivity index (χ0v) is 18.9. The van der Waals surface area contributed by atoms with E-state index in [4.69, 9.17) is 27.9 Å². The highest BCUT2D eigenvalue weighted by Crippen LogP contribution is 2.35. The molecule has 0 bridgehead atoms. The fourth-order valence-electron chi connectivity index (χ4n) is 2.87. The second kappa shape index (κ2) is 10.6. The molecule has 0 heterocycles. The highest BCUT2D eigenvalue weighted by atomic mass is 35.5. The lowest BCUT2D eigenvalue weighted by atomic mass is 10.1. The molecule has 0 radical (unpaired) electrons. The molecule has 0 atom stereocenters. The number of aryl methyl sites for hydroxylation is 1.